The maximum Gasteiger partial charge on any atom is 0.414 e. The van der Waals surface area contributed by atoms with Crippen molar-refractivity contribution in [2.75, 3.05) is 49.1 Å². The summed E-state index contributed by atoms with van der Waals surface area (Å²) in [7, 11) is 0. The largest absolute Gasteiger partial charge is 0.442 e. The Kier molecular flexibility index (Phi) is 6.10. The van der Waals surface area contributed by atoms with Gasteiger partial charge in [-0.25, -0.2) is 9.18 Å². The summed E-state index contributed by atoms with van der Waals surface area (Å²) in [4.78, 5) is 28.6. The van der Waals surface area contributed by atoms with Crippen LogP contribution in [0.5, 0.6) is 0 Å². The van der Waals surface area contributed by atoms with Crippen molar-refractivity contribution >= 4 is 41.1 Å². The average molecular weight is 394 g/mol. The first-order valence-electron chi connectivity index (χ1n) is 9.00. The lowest BCUT2D eigenvalue weighted by molar-refractivity contribution is -0.118. The van der Waals surface area contributed by atoms with E-state index >= 15 is 0 Å². The second kappa shape index (κ2) is 8.51. The predicted octanol–water partition coefficient (Wildman–Crippen LogP) is 1.76. The number of halogens is 1. The van der Waals surface area contributed by atoms with Crippen LogP contribution in [0.15, 0.2) is 18.2 Å². The third-order valence-electron chi connectivity index (χ3n) is 4.77. The van der Waals surface area contributed by atoms with Crippen molar-refractivity contribution in [3.05, 3.63) is 24.0 Å². The molecule has 0 aromatic heterocycles. The van der Waals surface area contributed by atoms with Crippen molar-refractivity contribution in [2.45, 2.75) is 19.4 Å². The molecule has 7 nitrogen and oxygen atoms in total. The van der Waals surface area contributed by atoms with Crippen LogP contribution in [0, 0.1) is 5.82 Å². The molecule has 2 heterocycles. The van der Waals surface area contributed by atoms with Gasteiger partial charge in [-0.05, 0) is 24.6 Å². The Labute approximate surface area is 163 Å². The monoisotopic (exact) mass is 394 g/mol. The minimum atomic E-state index is -0.490. The molecule has 1 atom stereocenters. The SMILES string of the molecule is CCC(=S)NC[C@H]1CN(c2ccc(N3CCN(C=O)CC3)c(F)c2)C(=O)O1. The summed E-state index contributed by atoms with van der Waals surface area (Å²) >= 11 is 5.11. The molecule has 0 unspecified atom stereocenters. The number of carbonyl (C=O) groups is 2. The maximum absolute atomic E-state index is 14.7. The van der Waals surface area contributed by atoms with Gasteiger partial charge in [0.1, 0.15) is 11.9 Å². The smallest absolute Gasteiger partial charge is 0.414 e. The highest BCUT2D eigenvalue weighted by molar-refractivity contribution is 7.80. The van der Waals surface area contributed by atoms with Crippen LogP contribution in [-0.4, -0.2) is 67.8 Å². The van der Waals surface area contributed by atoms with Gasteiger partial charge < -0.3 is 19.9 Å². The number of nitrogens with zero attached hydrogens (tertiary/aromatic N) is 3. The summed E-state index contributed by atoms with van der Waals surface area (Å²) in [5.41, 5.74) is 0.941. The van der Waals surface area contributed by atoms with E-state index in [1.165, 1.54) is 11.0 Å². The van der Waals surface area contributed by atoms with E-state index in [2.05, 4.69) is 5.32 Å². The Morgan fingerprint density at radius 3 is 2.74 bits per heavy atom. The zero-order valence-corrected chi connectivity index (χ0v) is 16.0. The third kappa shape index (κ3) is 4.47. The molecule has 0 saturated carbocycles. The molecular weight excluding hydrogens is 371 g/mol. The molecule has 2 fully saturated rings. The summed E-state index contributed by atoms with van der Waals surface area (Å²) in [6, 6.07) is 4.75. The molecule has 3 rings (SSSR count). The lowest BCUT2D eigenvalue weighted by Gasteiger charge is -2.34. The molecular formula is C18H23FN4O3S. The number of benzene rings is 1. The topological polar surface area (TPSA) is 65.1 Å². The maximum atomic E-state index is 14.7. The lowest BCUT2D eigenvalue weighted by atomic mass is 10.2. The van der Waals surface area contributed by atoms with E-state index in [1.54, 1.807) is 17.0 Å². The Morgan fingerprint density at radius 1 is 1.37 bits per heavy atom. The molecule has 2 amide bonds. The van der Waals surface area contributed by atoms with E-state index in [-0.39, 0.29) is 6.10 Å². The highest BCUT2D eigenvalue weighted by Gasteiger charge is 2.33. The number of ether oxygens (including phenoxy) is 1. The number of anilines is 2. The van der Waals surface area contributed by atoms with E-state index < -0.39 is 11.9 Å². The van der Waals surface area contributed by atoms with Crippen LogP contribution in [0.4, 0.5) is 20.6 Å². The summed E-state index contributed by atoms with van der Waals surface area (Å²) < 4.78 is 20.0. The van der Waals surface area contributed by atoms with E-state index in [1.807, 2.05) is 11.8 Å². The predicted molar refractivity (Wildman–Crippen MR) is 105 cm³/mol. The van der Waals surface area contributed by atoms with Crippen molar-refractivity contribution in [1.29, 1.82) is 0 Å². The average Bonchev–Trinajstić information content (AvgIpc) is 3.06. The molecule has 0 bridgehead atoms. The summed E-state index contributed by atoms with van der Waals surface area (Å²) in [5, 5.41) is 3.06. The van der Waals surface area contributed by atoms with Gasteiger partial charge in [0.2, 0.25) is 6.41 Å². The summed E-state index contributed by atoms with van der Waals surface area (Å²) in [5.74, 6) is -0.395. The molecule has 2 saturated heterocycles. The van der Waals surface area contributed by atoms with Crippen LogP contribution >= 0.6 is 12.2 Å². The van der Waals surface area contributed by atoms with Crippen LogP contribution < -0.4 is 15.1 Å². The first kappa shape index (κ1) is 19.3. The molecule has 1 aromatic carbocycles. The minimum Gasteiger partial charge on any atom is -0.442 e. The zero-order chi connectivity index (χ0) is 19.4. The van der Waals surface area contributed by atoms with Crippen molar-refractivity contribution < 1.29 is 18.7 Å². The van der Waals surface area contributed by atoms with Crippen LogP contribution in [0.1, 0.15) is 13.3 Å². The van der Waals surface area contributed by atoms with Gasteiger partial charge in [0.15, 0.2) is 0 Å². The number of amides is 2. The molecule has 2 aliphatic heterocycles. The van der Waals surface area contributed by atoms with E-state index in [9.17, 15) is 14.0 Å². The lowest BCUT2D eigenvalue weighted by Crippen LogP contribution is -2.46. The third-order valence-corrected chi connectivity index (χ3v) is 5.20. The number of nitrogens with one attached hydrogen (secondary N) is 1. The molecule has 0 aliphatic carbocycles. The Bertz CT molecular complexity index is 725. The van der Waals surface area contributed by atoms with Crippen molar-refractivity contribution in [2.24, 2.45) is 0 Å². The van der Waals surface area contributed by atoms with Crippen molar-refractivity contribution in [3.63, 3.8) is 0 Å². The second-order valence-electron chi connectivity index (χ2n) is 6.54. The van der Waals surface area contributed by atoms with Gasteiger partial charge in [0.05, 0.1) is 29.5 Å². The number of rotatable bonds is 6. The van der Waals surface area contributed by atoms with E-state index in [0.717, 1.165) is 17.8 Å². The van der Waals surface area contributed by atoms with Crippen LogP contribution in [-0.2, 0) is 9.53 Å². The van der Waals surface area contributed by atoms with Gasteiger partial charge in [-0.1, -0.05) is 19.1 Å². The van der Waals surface area contributed by atoms with Gasteiger partial charge in [0.25, 0.3) is 0 Å². The number of hydrogen-bond donors (Lipinski definition) is 1. The number of cyclic esters (lactones) is 1. The van der Waals surface area contributed by atoms with Gasteiger partial charge >= 0.3 is 6.09 Å². The summed E-state index contributed by atoms with van der Waals surface area (Å²) in [6.45, 7) is 5.02. The highest BCUT2D eigenvalue weighted by atomic mass is 32.1. The molecule has 1 aromatic rings. The Morgan fingerprint density at radius 2 is 2.11 bits per heavy atom. The number of thiocarbonyl (C=S) groups is 1. The van der Waals surface area contributed by atoms with Gasteiger partial charge in [-0.3, -0.25) is 9.69 Å². The normalized spacial score (nSPS) is 19.9. The molecule has 0 spiro atoms. The molecule has 27 heavy (non-hydrogen) atoms. The van der Waals surface area contributed by atoms with Gasteiger partial charge in [-0.15, -0.1) is 0 Å². The Balaban J connectivity index is 1.64. The molecule has 9 heteroatoms. The molecule has 146 valence electrons. The first-order chi connectivity index (χ1) is 13.0. The standard InChI is InChI=1S/C18H23FN4O3S/c1-2-17(27)20-10-14-11-23(18(25)26-14)13-3-4-16(15(19)9-13)22-7-5-21(12-24)6-8-22/h3-4,9,12,14H,2,5-8,10-11H2,1H3,(H,20,27)/t14-/m0/s1. The quantitative estimate of drug-likeness (QED) is 0.586. The fourth-order valence-electron chi connectivity index (χ4n) is 3.18. The fraction of sp³-hybridized carbons (Fsp3) is 0.500. The highest BCUT2D eigenvalue weighted by Crippen LogP contribution is 2.28. The zero-order valence-electron chi connectivity index (χ0n) is 15.2. The second-order valence-corrected chi connectivity index (χ2v) is 7.03. The fourth-order valence-corrected chi connectivity index (χ4v) is 3.26. The number of carbonyl (C=O) groups excluding carboxylic acids is 2. The molecule has 0 radical (unpaired) electrons. The molecule has 1 N–H and O–H groups in total. The van der Waals surface area contributed by atoms with Crippen LogP contribution in [0.3, 0.4) is 0 Å². The van der Waals surface area contributed by atoms with Crippen molar-refractivity contribution in [1.82, 2.24) is 10.2 Å². The number of piperazine rings is 1. The Hall–Kier alpha value is -2.42. The van der Waals surface area contributed by atoms with E-state index in [4.69, 9.17) is 17.0 Å². The van der Waals surface area contributed by atoms with Crippen LogP contribution in [0.25, 0.3) is 0 Å². The van der Waals surface area contributed by atoms with Gasteiger partial charge in [0, 0.05) is 26.2 Å². The van der Waals surface area contributed by atoms with E-state index in [0.29, 0.717) is 50.6 Å². The number of hydrogen-bond acceptors (Lipinski definition) is 5. The minimum absolute atomic E-state index is 0.332. The van der Waals surface area contributed by atoms with Crippen molar-refractivity contribution in [3.8, 4) is 0 Å². The summed E-state index contributed by atoms with van der Waals surface area (Å²) in [6.07, 6.45) is 0.721. The molecule has 2 aliphatic rings. The first-order valence-corrected chi connectivity index (χ1v) is 9.41. The van der Waals surface area contributed by atoms with Gasteiger partial charge in [-0.2, -0.15) is 0 Å². The van der Waals surface area contributed by atoms with Crippen LogP contribution in [0.2, 0.25) is 0 Å².